The van der Waals surface area contributed by atoms with Crippen LogP contribution in [0, 0.1) is 5.92 Å². The average Bonchev–Trinajstić information content (AvgIpc) is 2.53. The average molecular weight is 242 g/mol. The molecule has 0 N–H and O–H groups in total. The minimum absolute atomic E-state index is 0.783. The first-order valence-corrected chi connectivity index (χ1v) is 5.27. The van der Waals surface area contributed by atoms with Crippen molar-refractivity contribution in [2.24, 2.45) is 5.92 Å². The van der Waals surface area contributed by atoms with Gasteiger partial charge in [-0.25, -0.2) is 9.97 Å². The predicted octanol–water partition coefficient (Wildman–Crippen LogP) is 2.09. The molecule has 2 heterocycles. The maximum Gasteiger partial charge on any atom is 0.147 e. The minimum atomic E-state index is 0.783. The highest BCUT2D eigenvalue weighted by Gasteiger charge is 2.19. The van der Waals surface area contributed by atoms with E-state index in [-0.39, 0.29) is 0 Å². The van der Waals surface area contributed by atoms with E-state index >= 15 is 0 Å². The van der Waals surface area contributed by atoms with Gasteiger partial charge in [-0.3, -0.25) is 0 Å². The summed E-state index contributed by atoms with van der Waals surface area (Å²) in [6.45, 7) is 4.49. The minimum Gasteiger partial charge on any atom is -0.355 e. The van der Waals surface area contributed by atoms with Crippen LogP contribution < -0.4 is 4.90 Å². The van der Waals surface area contributed by atoms with Gasteiger partial charge in [-0.15, -0.1) is 0 Å². The van der Waals surface area contributed by atoms with Crippen LogP contribution in [0.4, 0.5) is 5.82 Å². The Bertz CT molecular complexity index is 285. The summed E-state index contributed by atoms with van der Waals surface area (Å²) in [6.07, 6.45) is 4.83. The molecule has 0 aromatic carbocycles. The molecule has 1 saturated heterocycles. The van der Waals surface area contributed by atoms with E-state index in [1.165, 1.54) is 6.42 Å². The molecule has 70 valence electrons. The van der Waals surface area contributed by atoms with Gasteiger partial charge in [0.15, 0.2) is 0 Å². The van der Waals surface area contributed by atoms with E-state index in [1.807, 2.05) is 6.20 Å². The molecule has 1 aliphatic heterocycles. The van der Waals surface area contributed by atoms with E-state index in [9.17, 15) is 0 Å². The number of hydrogen-bond acceptors (Lipinski definition) is 3. The lowest BCUT2D eigenvalue weighted by atomic mass is 10.2. The fraction of sp³-hybridized carbons (Fsp3) is 0.556. The first-order chi connectivity index (χ1) is 6.25. The standard InChI is InChI=1S/C9H12BrN3/c1-7-2-3-13(6-7)9-5-11-8(10)4-12-9/h4-5,7H,2-3,6H2,1H3/t7-/m0/s1. The van der Waals surface area contributed by atoms with Gasteiger partial charge in [-0.05, 0) is 28.3 Å². The van der Waals surface area contributed by atoms with Gasteiger partial charge in [0.25, 0.3) is 0 Å². The monoisotopic (exact) mass is 241 g/mol. The van der Waals surface area contributed by atoms with Crippen molar-refractivity contribution in [1.82, 2.24) is 9.97 Å². The van der Waals surface area contributed by atoms with E-state index in [2.05, 4.69) is 37.7 Å². The zero-order valence-corrected chi connectivity index (χ0v) is 9.16. The van der Waals surface area contributed by atoms with Crippen LogP contribution in [0.25, 0.3) is 0 Å². The Labute approximate surface area is 86.3 Å². The van der Waals surface area contributed by atoms with E-state index in [0.717, 1.165) is 29.4 Å². The van der Waals surface area contributed by atoms with Crippen LogP contribution in [0.15, 0.2) is 17.0 Å². The molecule has 4 heteroatoms. The number of aromatic nitrogens is 2. The summed E-state index contributed by atoms with van der Waals surface area (Å²) < 4.78 is 0.795. The van der Waals surface area contributed by atoms with Crippen LogP contribution in [0.1, 0.15) is 13.3 Å². The zero-order valence-electron chi connectivity index (χ0n) is 7.57. The molecule has 0 spiro atoms. The van der Waals surface area contributed by atoms with Crippen LogP contribution in [0.3, 0.4) is 0 Å². The topological polar surface area (TPSA) is 29.0 Å². The summed E-state index contributed by atoms with van der Waals surface area (Å²) >= 11 is 3.27. The Balaban J connectivity index is 2.13. The molecule has 1 aromatic heterocycles. The number of rotatable bonds is 1. The molecular weight excluding hydrogens is 230 g/mol. The molecule has 0 bridgehead atoms. The van der Waals surface area contributed by atoms with Crippen molar-refractivity contribution in [2.45, 2.75) is 13.3 Å². The summed E-state index contributed by atoms with van der Waals surface area (Å²) in [7, 11) is 0. The zero-order chi connectivity index (χ0) is 9.26. The van der Waals surface area contributed by atoms with E-state index in [4.69, 9.17) is 0 Å². The molecule has 2 rings (SSSR count). The summed E-state index contributed by atoms with van der Waals surface area (Å²) in [4.78, 5) is 10.8. The fourth-order valence-corrected chi connectivity index (χ4v) is 1.82. The first-order valence-electron chi connectivity index (χ1n) is 4.48. The van der Waals surface area contributed by atoms with Gasteiger partial charge in [0.1, 0.15) is 10.4 Å². The highest BCUT2D eigenvalue weighted by Crippen LogP contribution is 2.21. The molecule has 0 saturated carbocycles. The maximum atomic E-state index is 4.31. The first kappa shape index (κ1) is 8.94. The second-order valence-electron chi connectivity index (χ2n) is 3.54. The largest absolute Gasteiger partial charge is 0.355 e. The van der Waals surface area contributed by atoms with E-state index in [0.29, 0.717) is 0 Å². The van der Waals surface area contributed by atoms with Crippen LogP contribution in [-0.4, -0.2) is 23.1 Å². The van der Waals surface area contributed by atoms with Crippen LogP contribution in [-0.2, 0) is 0 Å². The number of anilines is 1. The Kier molecular flexibility index (Phi) is 2.49. The molecule has 3 nitrogen and oxygen atoms in total. The Morgan fingerprint density at radius 2 is 2.31 bits per heavy atom. The van der Waals surface area contributed by atoms with Crippen molar-refractivity contribution >= 4 is 21.7 Å². The molecular formula is C9H12BrN3. The Morgan fingerprint density at radius 1 is 1.46 bits per heavy atom. The smallest absolute Gasteiger partial charge is 0.147 e. The van der Waals surface area contributed by atoms with Gasteiger partial charge in [0.05, 0.1) is 12.4 Å². The number of nitrogens with zero attached hydrogens (tertiary/aromatic N) is 3. The van der Waals surface area contributed by atoms with Crippen LogP contribution >= 0.6 is 15.9 Å². The van der Waals surface area contributed by atoms with Gasteiger partial charge in [-0.1, -0.05) is 6.92 Å². The molecule has 0 radical (unpaired) electrons. The van der Waals surface area contributed by atoms with Gasteiger partial charge < -0.3 is 4.90 Å². The third kappa shape index (κ3) is 1.99. The molecule has 0 unspecified atom stereocenters. The molecule has 1 atom stereocenters. The molecule has 1 aromatic rings. The summed E-state index contributed by atoms with van der Waals surface area (Å²) in [5.41, 5.74) is 0. The molecule has 13 heavy (non-hydrogen) atoms. The Hall–Kier alpha value is -0.640. The van der Waals surface area contributed by atoms with Gasteiger partial charge in [0.2, 0.25) is 0 Å². The molecule has 0 aliphatic carbocycles. The second kappa shape index (κ2) is 3.62. The third-order valence-corrected chi connectivity index (χ3v) is 2.76. The molecule has 1 aliphatic rings. The van der Waals surface area contributed by atoms with Crippen molar-refractivity contribution < 1.29 is 0 Å². The van der Waals surface area contributed by atoms with Crippen molar-refractivity contribution in [1.29, 1.82) is 0 Å². The SMILES string of the molecule is C[C@H]1CCN(c2cnc(Br)cn2)C1. The highest BCUT2D eigenvalue weighted by atomic mass is 79.9. The lowest BCUT2D eigenvalue weighted by molar-refractivity contribution is 0.658. The quantitative estimate of drug-likeness (QED) is 0.755. The van der Waals surface area contributed by atoms with Crippen molar-refractivity contribution in [2.75, 3.05) is 18.0 Å². The predicted molar refractivity (Wildman–Crippen MR) is 55.7 cm³/mol. The highest BCUT2D eigenvalue weighted by molar-refractivity contribution is 9.10. The van der Waals surface area contributed by atoms with Crippen LogP contribution in [0.5, 0.6) is 0 Å². The molecule has 1 fully saturated rings. The second-order valence-corrected chi connectivity index (χ2v) is 4.35. The lowest BCUT2D eigenvalue weighted by Gasteiger charge is -2.15. The van der Waals surface area contributed by atoms with Gasteiger partial charge in [-0.2, -0.15) is 0 Å². The van der Waals surface area contributed by atoms with E-state index < -0.39 is 0 Å². The fourth-order valence-electron chi connectivity index (χ4n) is 1.61. The van der Waals surface area contributed by atoms with Crippen LogP contribution in [0.2, 0.25) is 0 Å². The lowest BCUT2D eigenvalue weighted by Crippen LogP contribution is -2.20. The normalized spacial score (nSPS) is 22.3. The summed E-state index contributed by atoms with van der Waals surface area (Å²) in [5, 5.41) is 0. The summed E-state index contributed by atoms with van der Waals surface area (Å²) in [5.74, 6) is 1.78. The number of hydrogen-bond donors (Lipinski definition) is 0. The van der Waals surface area contributed by atoms with Crippen molar-refractivity contribution in [3.8, 4) is 0 Å². The maximum absolute atomic E-state index is 4.31. The number of halogens is 1. The van der Waals surface area contributed by atoms with Gasteiger partial charge >= 0.3 is 0 Å². The van der Waals surface area contributed by atoms with E-state index in [1.54, 1.807) is 6.20 Å². The third-order valence-electron chi connectivity index (χ3n) is 2.35. The Morgan fingerprint density at radius 3 is 2.85 bits per heavy atom. The molecule has 0 amide bonds. The van der Waals surface area contributed by atoms with Gasteiger partial charge in [0, 0.05) is 13.1 Å². The van der Waals surface area contributed by atoms with Crippen molar-refractivity contribution in [3.05, 3.63) is 17.0 Å². The summed E-state index contributed by atoms with van der Waals surface area (Å²) in [6, 6.07) is 0. The van der Waals surface area contributed by atoms with Crippen molar-refractivity contribution in [3.63, 3.8) is 0 Å².